The molecule has 0 radical (unpaired) electrons. The molecule has 124 valence electrons. The fourth-order valence-electron chi connectivity index (χ4n) is 2.53. The van der Waals surface area contributed by atoms with Crippen molar-refractivity contribution in [2.45, 2.75) is 39.3 Å². The molecule has 0 spiro atoms. The van der Waals surface area contributed by atoms with Gasteiger partial charge in [0.2, 0.25) is 5.91 Å². The van der Waals surface area contributed by atoms with Gasteiger partial charge in [-0.2, -0.15) is 5.10 Å². The SMILES string of the molecule is CCCN(Cc1ccc(OC)cc1)C(=O)CC(C)n1cccn1. The maximum Gasteiger partial charge on any atom is 0.225 e. The second-order valence-corrected chi connectivity index (χ2v) is 5.70. The van der Waals surface area contributed by atoms with Crippen LogP contribution in [0.2, 0.25) is 0 Å². The molecule has 1 atom stereocenters. The van der Waals surface area contributed by atoms with Gasteiger partial charge in [0.25, 0.3) is 0 Å². The molecule has 0 fully saturated rings. The zero-order valence-corrected chi connectivity index (χ0v) is 14.1. The lowest BCUT2D eigenvalue weighted by atomic mass is 10.1. The van der Waals surface area contributed by atoms with E-state index in [2.05, 4.69) is 12.0 Å². The quantitative estimate of drug-likeness (QED) is 0.751. The Morgan fingerprint density at radius 1 is 1.35 bits per heavy atom. The van der Waals surface area contributed by atoms with Crippen LogP contribution in [0.25, 0.3) is 0 Å². The summed E-state index contributed by atoms with van der Waals surface area (Å²) < 4.78 is 7.00. The molecule has 5 nitrogen and oxygen atoms in total. The van der Waals surface area contributed by atoms with Crippen molar-refractivity contribution in [1.29, 1.82) is 0 Å². The average molecular weight is 315 g/mol. The molecule has 5 heteroatoms. The normalized spacial score (nSPS) is 12.0. The maximum atomic E-state index is 12.6. The van der Waals surface area contributed by atoms with Crippen molar-refractivity contribution in [1.82, 2.24) is 14.7 Å². The van der Waals surface area contributed by atoms with Gasteiger partial charge in [0.1, 0.15) is 5.75 Å². The fourth-order valence-corrected chi connectivity index (χ4v) is 2.53. The number of carbonyl (C=O) groups excluding carboxylic acids is 1. The van der Waals surface area contributed by atoms with Gasteiger partial charge in [-0.25, -0.2) is 0 Å². The molecular weight excluding hydrogens is 290 g/mol. The van der Waals surface area contributed by atoms with Crippen LogP contribution in [0.15, 0.2) is 42.7 Å². The summed E-state index contributed by atoms with van der Waals surface area (Å²) in [6.45, 7) is 5.49. The summed E-state index contributed by atoms with van der Waals surface area (Å²) in [5.41, 5.74) is 1.11. The number of hydrogen-bond acceptors (Lipinski definition) is 3. The number of carbonyl (C=O) groups is 1. The minimum atomic E-state index is 0.0627. The van der Waals surface area contributed by atoms with Crippen molar-refractivity contribution in [3.8, 4) is 5.75 Å². The van der Waals surface area contributed by atoms with Crippen molar-refractivity contribution in [2.24, 2.45) is 0 Å². The largest absolute Gasteiger partial charge is 0.497 e. The predicted octanol–water partition coefficient (Wildman–Crippen LogP) is 3.28. The third kappa shape index (κ3) is 4.84. The summed E-state index contributed by atoms with van der Waals surface area (Å²) in [5.74, 6) is 0.986. The van der Waals surface area contributed by atoms with Crippen LogP contribution in [-0.4, -0.2) is 34.2 Å². The van der Waals surface area contributed by atoms with Crippen molar-refractivity contribution in [3.63, 3.8) is 0 Å². The van der Waals surface area contributed by atoms with E-state index < -0.39 is 0 Å². The van der Waals surface area contributed by atoms with Crippen LogP contribution in [0.3, 0.4) is 0 Å². The Morgan fingerprint density at radius 2 is 2.09 bits per heavy atom. The first kappa shape index (κ1) is 17.1. The number of nitrogens with zero attached hydrogens (tertiary/aromatic N) is 3. The first-order chi connectivity index (χ1) is 11.1. The molecule has 0 saturated carbocycles. The Labute approximate surface area is 137 Å². The number of amides is 1. The molecule has 2 aromatic rings. The van der Waals surface area contributed by atoms with E-state index in [1.807, 2.05) is 53.0 Å². The molecule has 1 unspecified atom stereocenters. The van der Waals surface area contributed by atoms with Gasteiger partial charge >= 0.3 is 0 Å². The van der Waals surface area contributed by atoms with Gasteiger partial charge in [-0.1, -0.05) is 19.1 Å². The van der Waals surface area contributed by atoms with E-state index in [0.29, 0.717) is 13.0 Å². The van der Waals surface area contributed by atoms with Crippen LogP contribution in [0.1, 0.15) is 38.3 Å². The molecule has 1 aromatic heterocycles. The Morgan fingerprint density at radius 3 is 2.65 bits per heavy atom. The Hall–Kier alpha value is -2.30. The van der Waals surface area contributed by atoms with Gasteiger partial charge in [-0.3, -0.25) is 9.48 Å². The van der Waals surface area contributed by atoms with Crippen LogP contribution in [0.4, 0.5) is 0 Å². The van der Waals surface area contributed by atoms with Crippen molar-refractivity contribution < 1.29 is 9.53 Å². The van der Waals surface area contributed by atoms with E-state index in [4.69, 9.17) is 4.74 Å². The molecule has 1 amide bonds. The molecule has 2 rings (SSSR count). The second kappa shape index (κ2) is 8.36. The Kier molecular flexibility index (Phi) is 6.20. The lowest BCUT2D eigenvalue weighted by Crippen LogP contribution is -2.32. The van der Waals surface area contributed by atoms with Gasteiger partial charge in [-0.15, -0.1) is 0 Å². The molecule has 0 bridgehead atoms. The van der Waals surface area contributed by atoms with Crippen LogP contribution in [0, 0.1) is 0 Å². The molecule has 0 aliphatic heterocycles. The number of ether oxygens (including phenoxy) is 1. The lowest BCUT2D eigenvalue weighted by Gasteiger charge is -2.24. The molecule has 0 aliphatic carbocycles. The van der Waals surface area contributed by atoms with E-state index in [1.54, 1.807) is 13.3 Å². The summed E-state index contributed by atoms with van der Waals surface area (Å²) in [5, 5.41) is 4.21. The summed E-state index contributed by atoms with van der Waals surface area (Å²) in [7, 11) is 1.65. The van der Waals surface area contributed by atoms with Crippen LogP contribution in [0.5, 0.6) is 5.75 Å². The number of methoxy groups -OCH3 is 1. The smallest absolute Gasteiger partial charge is 0.225 e. The molecule has 1 aromatic carbocycles. The van der Waals surface area contributed by atoms with Gasteiger partial charge in [0.05, 0.1) is 13.2 Å². The van der Waals surface area contributed by atoms with Crippen molar-refractivity contribution in [2.75, 3.05) is 13.7 Å². The van der Waals surface area contributed by atoms with E-state index in [-0.39, 0.29) is 11.9 Å². The van der Waals surface area contributed by atoms with E-state index in [1.165, 1.54) is 0 Å². The van der Waals surface area contributed by atoms with Crippen LogP contribution >= 0.6 is 0 Å². The van der Waals surface area contributed by atoms with Gasteiger partial charge in [0.15, 0.2) is 0 Å². The van der Waals surface area contributed by atoms with Crippen molar-refractivity contribution >= 4 is 5.91 Å². The number of aromatic nitrogens is 2. The van der Waals surface area contributed by atoms with E-state index in [9.17, 15) is 4.79 Å². The number of hydrogen-bond donors (Lipinski definition) is 0. The molecule has 23 heavy (non-hydrogen) atoms. The molecule has 0 N–H and O–H groups in total. The summed E-state index contributed by atoms with van der Waals surface area (Å²) in [6, 6.07) is 9.80. The lowest BCUT2D eigenvalue weighted by molar-refractivity contribution is -0.132. The topological polar surface area (TPSA) is 47.4 Å². The first-order valence-electron chi connectivity index (χ1n) is 8.04. The van der Waals surface area contributed by atoms with Gasteiger partial charge in [-0.05, 0) is 37.1 Å². The zero-order valence-electron chi connectivity index (χ0n) is 14.1. The van der Waals surface area contributed by atoms with Gasteiger partial charge in [0, 0.05) is 31.9 Å². The summed E-state index contributed by atoms with van der Waals surface area (Å²) in [4.78, 5) is 14.5. The highest BCUT2D eigenvalue weighted by atomic mass is 16.5. The minimum Gasteiger partial charge on any atom is -0.497 e. The van der Waals surface area contributed by atoms with Crippen molar-refractivity contribution in [3.05, 3.63) is 48.3 Å². The van der Waals surface area contributed by atoms with Crippen LogP contribution in [-0.2, 0) is 11.3 Å². The highest BCUT2D eigenvalue weighted by Gasteiger charge is 2.17. The van der Waals surface area contributed by atoms with E-state index in [0.717, 1.165) is 24.3 Å². The molecule has 1 heterocycles. The predicted molar refractivity (Wildman–Crippen MR) is 90.3 cm³/mol. The molecule has 0 saturated heterocycles. The number of benzene rings is 1. The summed E-state index contributed by atoms with van der Waals surface area (Å²) >= 11 is 0. The maximum absolute atomic E-state index is 12.6. The minimum absolute atomic E-state index is 0.0627. The Balaban J connectivity index is 1.99. The molecular formula is C18H25N3O2. The Bertz CT molecular complexity index is 593. The highest BCUT2D eigenvalue weighted by Crippen LogP contribution is 2.16. The summed E-state index contributed by atoms with van der Waals surface area (Å²) in [6.07, 6.45) is 5.03. The first-order valence-corrected chi connectivity index (χ1v) is 8.04. The fraction of sp³-hybridized carbons (Fsp3) is 0.444. The monoisotopic (exact) mass is 315 g/mol. The molecule has 0 aliphatic rings. The van der Waals surface area contributed by atoms with Gasteiger partial charge < -0.3 is 9.64 Å². The third-order valence-electron chi connectivity index (χ3n) is 3.83. The standard InChI is InChI=1S/C18H25N3O2/c1-4-11-20(14-16-6-8-17(23-3)9-7-16)18(22)13-15(2)21-12-5-10-19-21/h5-10,12,15H,4,11,13-14H2,1-3H3. The highest BCUT2D eigenvalue weighted by molar-refractivity contribution is 5.76. The van der Waals surface area contributed by atoms with Crippen LogP contribution < -0.4 is 4.74 Å². The third-order valence-corrected chi connectivity index (χ3v) is 3.83. The zero-order chi connectivity index (χ0) is 16.7. The second-order valence-electron chi connectivity index (χ2n) is 5.70. The van der Waals surface area contributed by atoms with E-state index >= 15 is 0 Å². The number of rotatable bonds is 8. The average Bonchev–Trinajstić information content (AvgIpc) is 3.09.